The van der Waals surface area contributed by atoms with Gasteiger partial charge in [-0.15, -0.1) is 11.8 Å². The van der Waals surface area contributed by atoms with Gasteiger partial charge in [-0.05, 0) is 38.5 Å². The number of thioether (sulfide) groups is 1. The van der Waals surface area contributed by atoms with Gasteiger partial charge in [0.1, 0.15) is 5.75 Å². The monoisotopic (exact) mass is 301 g/mol. The van der Waals surface area contributed by atoms with Crippen molar-refractivity contribution in [2.75, 3.05) is 12.4 Å². The second-order valence-electron chi connectivity index (χ2n) is 5.16. The second kappa shape index (κ2) is 7.53. The highest BCUT2D eigenvalue weighted by Gasteiger charge is 2.12. The highest BCUT2D eigenvalue weighted by Crippen LogP contribution is 2.30. The van der Waals surface area contributed by atoms with Crippen LogP contribution >= 0.6 is 11.8 Å². The number of rotatable bonds is 6. The van der Waals surface area contributed by atoms with Crippen molar-refractivity contribution in [3.63, 3.8) is 0 Å². The first-order chi connectivity index (χ1) is 10.1. The van der Waals surface area contributed by atoms with Gasteiger partial charge in [0.25, 0.3) is 0 Å². The Morgan fingerprint density at radius 3 is 2.62 bits per heavy atom. The van der Waals surface area contributed by atoms with Crippen LogP contribution in [-0.4, -0.2) is 12.4 Å². The van der Waals surface area contributed by atoms with Gasteiger partial charge in [0, 0.05) is 22.3 Å². The average Bonchev–Trinajstić information content (AvgIpc) is 2.47. The topological polar surface area (TPSA) is 35.2 Å². The molecule has 2 aromatic rings. The molecule has 2 aromatic carbocycles. The minimum atomic E-state index is -0.0292. The Bertz CT molecular complexity index is 598. The van der Waals surface area contributed by atoms with E-state index < -0.39 is 0 Å². The van der Waals surface area contributed by atoms with E-state index in [1.807, 2.05) is 25.1 Å². The normalized spacial score (nSPS) is 12.2. The van der Waals surface area contributed by atoms with E-state index in [4.69, 9.17) is 10.5 Å². The van der Waals surface area contributed by atoms with E-state index in [1.165, 1.54) is 16.0 Å². The SMILES string of the molecule is CCOc1ccccc1C(N)CSc1ccc(C)cc1C. The molecule has 0 amide bonds. The first-order valence-electron chi connectivity index (χ1n) is 7.29. The molecule has 2 nitrogen and oxygen atoms in total. The Morgan fingerprint density at radius 2 is 1.90 bits per heavy atom. The Morgan fingerprint density at radius 1 is 1.14 bits per heavy atom. The molecule has 0 saturated carbocycles. The van der Waals surface area contributed by atoms with Crippen molar-refractivity contribution < 1.29 is 4.74 Å². The van der Waals surface area contributed by atoms with Crippen LogP contribution in [-0.2, 0) is 0 Å². The Labute approximate surface area is 131 Å². The zero-order valence-electron chi connectivity index (χ0n) is 12.9. The summed E-state index contributed by atoms with van der Waals surface area (Å²) in [5, 5.41) is 0. The number of aryl methyl sites for hydroxylation is 2. The molecule has 0 aliphatic carbocycles. The van der Waals surface area contributed by atoms with Crippen LogP contribution in [0, 0.1) is 13.8 Å². The number of hydrogen-bond donors (Lipinski definition) is 1. The molecule has 0 aliphatic heterocycles. The van der Waals surface area contributed by atoms with E-state index in [2.05, 4.69) is 38.1 Å². The molecule has 0 fully saturated rings. The largest absolute Gasteiger partial charge is 0.494 e. The summed E-state index contributed by atoms with van der Waals surface area (Å²) in [6.45, 7) is 6.92. The zero-order valence-corrected chi connectivity index (χ0v) is 13.7. The minimum Gasteiger partial charge on any atom is -0.494 e. The molecule has 21 heavy (non-hydrogen) atoms. The van der Waals surface area contributed by atoms with Crippen molar-refractivity contribution in [2.45, 2.75) is 31.7 Å². The summed E-state index contributed by atoms with van der Waals surface area (Å²) in [5.74, 6) is 1.74. The minimum absolute atomic E-state index is 0.0292. The van der Waals surface area contributed by atoms with Gasteiger partial charge in [0.2, 0.25) is 0 Å². The molecule has 2 rings (SSSR count). The van der Waals surface area contributed by atoms with Gasteiger partial charge in [-0.25, -0.2) is 0 Å². The van der Waals surface area contributed by atoms with Gasteiger partial charge < -0.3 is 10.5 Å². The highest BCUT2D eigenvalue weighted by atomic mass is 32.2. The van der Waals surface area contributed by atoms with Crippen LogP contribution in [0.15, 0.2) is 47.4 Å². The fourth-order valence-corrected chi connectivity index (χ4v) is 3.29. The molecule has 2 N–H and O–H groups in total. The molecule has 0 saturated heterocycles. The van der Waals surface area contributed by atoms with Crippen LogP contribution in [0.2, 0.25) is 0 Å². The van der Waals surface area contributed by atoms with Gasteiger partial charge in [-0.1, -0.05) is 35.9 Å². The van der Waals surface area contributed by atoms with Crippen LogP contribution in [0.4, 0.5) is 0 Å². The lowest BCUT2D eigenvalue weighted by atomic mass is 10.1. The fourth-order valence-electron chi connectivity index (χ4n) is 2.30. The lowest BCUT2D eigenvalue weighted by molar-refractivity contribution is 0.335. The van der Waals surface area contributed by atoms with Gasteiger partial charge in [-0.2, -0.15) is 0 Å². The standard InChI is InChI=1S/C18H23NOS/c1-4-20-17-8-6-5-7-15(17)16(19)12-21-18-10-9-13(2)11-14(18)3/h5-11,16H,4,12,19H2,1-3H3. The van der Waals surface area contributed by atoms with Crippen molar-refractivity contribution in [1.29, 1.82) is 0 Å². The molecule has 3 heteroatoms. The summed E-state index contributed by atoms with van der Waals surface area (Å²) in [6, 6.07) is 14.5. The smallest absolute Gasteiger partial charge is 0.124 e. The van der Waals surface area contributed by atoms with Gasteiger partial charge in [0.15, 0.2) is 0 Å². The van der Waals surface area contributed by atoms with Crippen molar-refractivity contribution in [3.8, 4) is 5.75 Å². The third-order valence-electron chi connectivity index (χ3n) is 3.37. The molecule has 0 bridgehead atoms. The maximum absolute atomic E-state index is 6.35. The molecule has 0 aliphatic rings. The molecule has 0 spiro atoms. The molecule has 0 heterocycles. The lowest BCUT2D eigenvalue weighted by Crippen LogP contribution is -2.14. The Kier molecular flexibility index (Phi) is 5.71. The highest BCUT2D eigenvalue weighted by molar-refractivity contribution is 7.99. The molecule has 1 unspecified atom stereocenters. The summed E-state index contributed by atoms with van der Waals surface area (Å²) in [6.07, 6.45) is 0. The number of benzene rings is 2. The molecule has 112 valence electrons. The molecular formula is C18H23NOS. The summed E-state index contributed by atoms with van der Waals surface area (Å²) < 4.78 is 5.66. The van der Waals surface area contributed by atoms with Crippen molar-refractivity contribution in [1.82, 2.24) is 0 Å². The molecule has 0 radical (unpaired) electrons. The second-order valence-corrected chi connectivity index (χ2v) is 6.22. The van der Waals surface area contributed by atoms with Crippen LogP contribution in [0.25, 0.3) is 0 Å². The first kappa shape index (κ1) is 15.9. The van der Waals surface area contributed by atoms with Gasteiger partial charge in [0.05, 0.1) is 6.61 Å². The van der Waals surface area contributed by atoms with Crippen molar-refractivity contribution >= 4 is 11.8 Å². The summed E-state index contributed by atoms with van der Waals surface area (Å²) in [7, 11) is 0. The molecule has 1 atom stereocenters. The van der Waals surface area contributed by atoms with Crippen LogP contribution in [0.5, 0.6) is 5.75 Å². The van der Waals surface area contributed by atoms with E-state index in [0.717, 1.165) is 17.1 Å². The molecule has 0 aromatic heterocycles. The zero-order chi connectivity index (χ0) is 15.2. The summed E-state index contributed by atoms with van der Waals surface area (Å²) >= 11 is 1.80. The predicted octanol–water partition coefficient (Wildman–Crippen LogP) is 4.49. The molecular weight excluding hydrogens is 278 g/mol. The third-order valence-corrected chi connectivity index (χ3v) is 4.66. The van der Waals surface area contributed by atoms with Gasteiger partial charge in [-0.3, -0.25) is 0 Å². The predicted molar refractivity (Wildman–Crippen MR) is 91.2 cm³/mol. The fraction of sp³-hybridized carbons (Fsp3) is 0.333. The van der Waals surface area contributed by atoms with E-state index in [1.54, 1.807) is 11.8 Å². The quantitative estimate of drug-likeness (QED) is 0.798. The van der Waals surface area contributed by atoms with Crippen molar-refractivity contribution in [3.05, 3.63) is 59.2 Å². The average molecular weight is 301 g/mol. The number of ether oxygens (including phenoxy) is 1. The van der Waals surface area contributed by atoms with Gasteiger partial charge >= 0.3 is 0 Å². The summed E-state index contributed by atoms with van der Waals surface area (Å²) in [4.78, 5) is 1.30. The maximum atomic E-state index is 6.35. The van der Waals surface area contributed by atoms with E-state index in [9.17, 15) is 0 Å². The Hall–Kier alpha value is -1.45. The van der Waals surface area contributed by atoms with E-state index in [-0.39, 0.29) is 6.04 Å². The Balaban J connectivity index is 2.06. The van der Waals surface area contributed by atoms with Crippen LogP contribution in [0.3, 0.4) is 0 Å². The van der Waals surface area contributed by atoms with E-state index in [0.29, 0.717) is 6.61 Å². The maximum Gasteiger partial charge on any atom is 0.124 e. The third kappa shape index (κ3) is 4.26. The number of nitrogens with two attached hydrogens (primary N) is 1. The van der Waals surface area contributed by atoms with Crippen LogP contribution in [0.1, 0.15) is 29.7 Å². The summed E-state index contributed by atoms with van der Waals surface area (Å²) in [5.41, 5.74) is 10.0. The number of para-hydroxylation sites is 1. The first-order valence-corrected chi connectivity index (χ1v) is 8.27. The van der Waals surface area contributed by atoms with Crippen molar-refractivity contribution in [2.24, 2.45) is 5.73 Å². The van der Waals surface area contributed by atoms with Crippen LogP contribution < -0.4 is 10.5 Å². The number of hydrogen-bond acceptors (Lipinski definition) is 3. The van der Waals surface area contributed by atoms with E-state index >= 15 is 0 Å². The lowest BCUT2D eigenvalue weighted by Gasteiger charge is -2.16.